The smallest absolute Gasteiger partial charge is 0.123 e. The number of thiazole rings is 2. The van der Waals surface area contributed by atoms with Crippen molar-refractivity contribution in [2.75, 3.05) is 0 Å². The lowest BCUT2D eigenvalue weighted by Crippen LogP contribution is -1.86. The minimum atomic E-state index is 0.557. The van der Waals surface area contributed by atoms with Gasteiger partial charge in [0.25, 0.3) is 0 Å². The summed E-state index contributed by atoms with van der Waals surface area (Å²) >= 11 is 3.53. The molecule has 0 saturated heterocycles. The van der Waals surface area contributed by atoms with Crippen LogP contribution in [0.5, 0.6) is 0 Å². The van der Waals surface area contributed by atoms with Crippen LogP contribution in [0, 0.1) is 0 Å². The molecule has 0 unspecified atom stereocenters. The lowest BCUT2D eigenvalue weighted by atomic mass is 10.0. The van der Waals surface area contributed by atoms with E-state index in [0.29, 0.717) is 5.92 Å². The van der Waals surface area contributed by atoms with Gasteiger partial charge in [0.05, 0.1) is 0 Å². The molecule has 0 bridgehead atoms. The lowest BCUT2D eigenvalue weighted by molar-refractivity contribution is 0.867. The van der Waals surface area contributed by atoms with E-state index in [1.165, 1.54) is 26.4 Å². The Kier molecular flexibility index (Phi) is 4.96. The van der Waals surface area contributed by atoms with Crippen LogP contribution in [0.2, 0.25) is 0 Å². The summed E-state index contributed by atoms with van der Waals surface area (Å²) < 4.78 is 0. The highest BCUT2D eigenvalue weighted by Crippen LogP contribution is 2.31. The van der Waals surface area contributed by atoms with E-state index in [1.807, 2.05) is 18.5 Å². The highest BCUT2D eigenvalue weighted by atomic mass is 32.1. The van der Waals surface area contributed by atoms with Crippen LogP contribution in [-0.4, -0.2) is 9.97 Å². The van der Waals surface area contributed by atoms with E-state index >= 15 is 0 Å². The minimum Gasteiger partial charge on any atom is -0.244 e. The van der Waals surface area contributed by atoms with Gasteiger partial charge in [-0.3, -0.25) is 0 Å². The van der Waals surface area contributed by atoms with Crippen molar-refractivity contribution in [2.24, 2.45) is 0 Å². The van der Waals surface area contributed by atoms with Crippen molar-refractivity contribution >= 4 is 22.7 Å². The van der Waals surface area contributed by atoms with Gasteiger partial charge in [-0.25, -0.2) is 9.97 Å². The second-order valence-electron chi connectivity index (χ2n) is 6.58. The van der Waals surface area contributed by atoms with Crippen LogP contribution in [0.25, 0.3) is 21.1 Å². The maximum atomic E-state index is 4.62. The molecule has 2 heterocycles. The van der Waals surface area contributed by atoms with Crippen LogP contribution >= 0.6 is 22.7 Å². The monoisotopic (exact) mass is 376 g/mol. The van der Waals surface area contributed by atoms with Crippen molar-refractivity contribution < 1.29 is 0 Å². The van der Waals surface area contributed by atoms with E-state index in [2.05, 4.69) is 72.3 Å². The molecule has 0 fully saturated rings. The first kappa shape index (κ1) is 17.1. The van der Waals surface area contributed by atoms with Gasteiger partial charge in [0, 0.05) is 39.7 Å². The predicted octanol–water partition coefficient (Wildman–Crippen LogP) is 6.65. The van der Waals surface area contributed by atoms with Gasteiger partial charge in [-0.15, -0.1) is 22.7 Å². The summed E-state index contributed by atoms with van der Waals surface area (Å²) in [5.74, 6) is 0.557. The molecule has 0 atom stereocenters. The fourth-order valence-corrected chi connectivity index (χ4v) is 4.78. The fourth-order valence-electron chi connectivity index (χ4n) is 2.81. The van der Waals surface area contributed by atoms with Crippen molar-refractivity contribution in [3.8, 4) is 21.1 Å². The summed E-state index contributed by atoms with van der Waals surface area (Å²) in [6.45, 7) is 4.44. The molecule has 4 heteroatoms. The van der Waals surface area contributed by atoms with Gasteiger partial charge in [-0.2, -0.15) is 0 Å². The maximum absolute atomic E-state index is 4.62. The first-order valence-electron chi connectivity index (χ1n) is 8.74. The molecule has 4 rings (SSSR count). The number of aromatic nitrogens is 2. The molecule has 0 spiro atoms. The molecule has 0 radical (unpaired) electrons. The standard InChI is InChI=1S/C22H20N2S2/c1-15(2)16-8-10-18(11-9-16)22-24-14-20(26-22)12-19-13-23-21(25-19)17-6-4-3-5-7-17/h3-11,13-15H,12H2,1-2H3. The Labute approximate surface area is 162 Å². The molecule has 0 saturated carbocycles. The normalized spacial score (nSPS) is 11.2. The van der Waals surface area contributed by atoms with E-state index in [9.17, 15) is 0 Å². The summed E-state index contributed by atoms with van der Waals surface area (Å²) in [7, 11) is 0. The molecule has 2 aromatic heterocycles. The summed E-state index contributed by atoms with van der Waals surface area (Å²) in [4.78, 5) is 11.7. The largest absolute Gasteiger partial charge is 0.244 e. The third-order valence-electron chi connectivity index (χ3n) is 4.30. The Bertz CT molecular complexity index is 982. The molecule has 26 heavy (non-hydrogen) atoms. The Morgan fingerprint density at radius 2 is 1.27 bits per heavy atom. The number of hydrogen-bond acceptors (Lipinski definition) is 4. The fraction of sp³-hybridized carbons (Fsp3) is 0.182. The van der Waals surface area contributed by atoms with Crippen molar-refractivity contribution in [3.63, 3.8) is 0 Å². The minimum absolute atomic E-state index is 0.557. The van der Waals surface area contributed by atoms with Gasteiger partial charge in [-0.1, -0.05) is 68.4 Å². The van der Waals surface area contributed by atoms with E-state index in [-0.39, 0.29) is 0 Å². The zero-order valence-corrected chi connectivity index (χ0v) is 16.5. The van der Waals surface area contributed by atoms with Crippen LogP contribution < -0.4 is 0 Å². The molecule has 4 aromatic rings. The number of hydrogen-bond donors (Lipinski definition) is 0. The average Bonchev–Trinajstić information content (AvgIpc) is 3.33. The Morgan fingerprint density at radius 3 is 1.81 bits per heavy atom. The zero-order valence-electron chi connectivity index (χ0n) is 14.8. The maximum Gasteiger partial charge on any atom is 0.123 e. The molecule has 0 N–H and O–H groups in total. The molecular weight excluding hydrogens is 356 g/mol. The van der Waals surface area contributed by atoms with E-state index in [1.54, 1.807) is 22.7 Å². The van der Waals surface area contributed by atoms with Gasteiger partial charge < -0.3 is 0 Å². The highest BCUT2D eigenvalue weighted by Gasteiger charge is 2.09. The number of rotatable bonds is 5. The van der Waals surface area contributed by atoms with Crippen LogP contribution in [0.15, 0.2) is 67.0 Å². The number of benzene rings is 2. The molecule has 2 nitrogen and oxygen atoms in total. The van der Waals surface area contributed by atoms with Gasteiger partial charge in [-0.05, 0) is 11.5 Å². The van der Waals surface area contributed by atoms with Crippen molar-refractivity contribution in [1.82, 2.24) is 9.97 Å². The van der Waals surface area contributed by atoms with Gasteiger partial charge in [0.1, 0.15) is 10.0 Å². The lowest BCUT2D eigenvalue weighted by Gasteiger charge is -2.05. The van der Waals surface area contributed by atoms with E-state index in [4.69, 9.17) is 0 Å². The van der Waals surface area contributed by atoms with Crippen LogP contribution in [0.1, 0.15) is 35.1 Å². The average molecular weight is 377 g/mol. The van der Waals surface area contributed by atoms with Crippen molar-refractivity contribution in [2.45, 2.75) is 26.2 Å². The SMILES string of the molecule is CC(C)c1ccc(-c2ncc(Cc3cnc(-c4ccccc4)s3)s2)cc1. The van der Waals surface area contributed by atoms with Gasteiger partial charge in [0.2, 0.25) is 0 Å². The summed E-state index contributed by atoms with van der Waals surface area (Å²) in [6.07, 6.45) is 4.88. The van der Waals surface area contributed by atoms with E-state index < -0.39 is 0 Å². The Balaban J connectivity index is 1.49. The summed E-state index contributed by atoms with van der Waals surface area (Å²) in [5, 5.41) is 2.16. The molecule has 0 amide bonds. The van der Waals surface area contributed by atoms with Crippen molar-refractivity contribution in [3.05, 3.63) is 82.3 Å². The predicted molar refractivity (Wildman–Crippen MR) is 112 cm³/mol. The van der Waals surface area contributed by atoms with Gasteiger partial charge >= 0.3 is 0 Å². The number of nitrogens with zero attached hydrogens (tertiary/aromatic N) is 2. The first-order valence-corrected chi connectivity index (χ1v) is 10.4. The van der Waals surface area contributed by atoms with Crippen LogP contribution in [0.3, 0.4) is 0 Å². The second-order valence-corrected chi connectivity index (χ2v) is 8.81. The molecular formula is C22H20N2S2. The topological polar surface area (TPSA) is 25.8 Å². The molecule has 130 valence electrons. The molecule has 0 aliphatic rings. The van der Waals surface area contributed by atoms with Crippen LogP contribution in [-0.2, 0) is 6.42 Å². The highest BCUT2D eigenvalue weighted by molar-refractivity contribution is 7.16. The first-order chi connectivity index (χ1) is 12.7. The van der Waals surface area contributed by atoms with E-state index in [0.717, 1.165) is 16.4 Å². The summed E-state index contributed by atoms with van der Waals surface area (Å²) in [5.41, 5.74) is 3.74. The van der Waals surface area contributed by atoms with Gasteiger partial charge in [0.15, 0.2) is 0 Å². The third kappa shape index (κ3) is 3.76. The quantitative estimate of drug-likeness (QED) is 0.390. The molecule has 2 aromatic carbocycles. The van der Waals surface area contributed by atoms with Crippen LogP contribution in [0.4, 0.5) is 0 Å². The molecule has 0 aliphatic carbocycles. The summed E-state index contributed by atoms with van der Waals surface area (Å²) in [6, 6.07) is 19.1. The second kappa shape index (κ2) is 7.52. The molecule has 0 aliphatic heterocycles. The Morgan fingerprint density at radius 1 is 0.731 bits per heavy atom. The van der Waals surface area contributed by atoms with Crippen molar-refractivity contribution in [1.29, 1.82) is 0 Å². The zero-order chi connectivity index (χ0) is 17.9. The third-order valence-corrected chi connectivity index (χ3v) is 6.39. The Hall–Kier alpha value is -2.30.